The number of ether oxygens (including phenoxy) is 1. The van der Waals surface area contributed by atoms with Crippen molar-refractivity contribution in [3.05, 3.63) is 0 Å². The molecule has 0 aromatic heterocycles. The topological polar surface area (TPSA) is 38.3 Å². The van der Waals surface area contributed by atoms with E-state index in [1.54, 1.807) is 27.7 Å². The molecule has 0 fully saturated rings. The maximum atomic E-state index is 11.3. The number of alkyl halides is 2. The summed E-state index contributed by atoms with van der Waals surface area (Å²) in [5.74, 6) is 0.492. The lowest BCUT2D eigenvalue weighted by molar-refractivity contribution is 0.0483. The highest BCUT2D eigenvalue weighted by molar-refractivity contribution is 6.22. The van der Waals surface area contributed by atoms with Crippen LogP contribution in [0, 0.1) is 0 Å². The normalized spacial score (nSPS) is 12.4. The molecule has 1 amide bonds. The Labute approximate surface area is 95.1 Å². The van der Waals surface area contributed by atoms with E-state index in [0.29, 0.717) is 0 Å². The maximum Gasteiger partial charge on any atom is 0.408 e. The van der Waals surface area contributed by atoms with Gasteiger partial charge in [0.1, 0.15) is 5.60 Å². The smallest absolute Gasteiger partial charge is 0.408 e. The molecule has 0 aromatic carbocycles. The Morgan fingerprint density at radius 2 is 1.64 bits per heavy atom. The van der Waals surface area contributed by atoms with Crippen molar-refractivity contribution in [3.63, 3.8) is 0 Å². The number of hydrogen-bond acceptors (Lipinski definition) is 2. The second-order valence-corrected chi connectivity index (χ2v) is 4.99. The van der Waals surface area contributed by atoms with Gasteiger partial charge in [-0.1, -0.05) is 0 Å². The van der Waals surface area contributed by atoms with Crippen LogP contribution in [-0.4, -0.2) is 29.0 Å². The van der Waals surface area contributed by atoms with E-state index in [-0.39, 0.29) is 11.8 Å². The Morgan fingerprint density at radius 1 is 1.21 bits per heavy atom. The first-order valence-corrected chi connectivity index (χ1v) is 5.42. The molecule has 14 heavy (non-hydrogen) atoms. The zero-order valence-corrected chi connectivity index (χ0v) is 10.5. The fourth-order valence-electron chi connectivity index (χ4n) is 0.653. The summed E-state index contributed by atoms with van der Waals surface area (Å²) < 4.78 is 5.07. The molecule has 0 unspecified atom stereocenters. The van der Waals surface area contributed by atoms with E-state index in [1.807, 2.05) is 0 Å². The lowest BCUT2D eigenvalue weighted by Gasteiger charge is -2.28. The van der Waals surface area contributed by atoms with E-state index in [4.69, 9.17) is 27.9 Å². The van der Waals surface area contributed by atoms with Gasteiger partial charge in [-0.3, -0.25) is 0 Å². The van der Waals surface area contributed by atoms with Crippen LogP contribution in [0.2, 0.25) is 0 Å². The summed E-state index contributed by atoms with van der Waals surface area (Å²) in [4.78, 5) is 11.3. The Kier molecular flexibility index (Phi) is 5.02. The van der Waals surface area contributed by atoms with Gasteiger partial charge < -0.3 is 10.1 Å². The molecule has 0 heterocycles. The van der Waals surface area contributed by atoms with Crippen LogP contribution in [0.4, 0.5) is 4.79 Å². The fourth-order valence-corrected chi connectivity index (χ4v) is 1.07. The number of nitrogens with one attached hydrogen (secondary N) is 1. The molecule has 0 aliphatic rings. The standard InChI is InChI=1S/C9H17Cl2NO2/c1-8(2,3)14-7(13)12-9(4,5-10)6-11/h5-6H2,1-4H3,(H,12,13). The summed E-state index contributed by atoms with van der Waals surface area (Å²) in [6.45, 7) is 7.15. The minimum Gasteiger partial charge on any atom is -0.444 e. The van der Waals surface area contributed by atoms with Crippen LogP contribution in [0.5, 0.6) is 0 Å². The number of halogens is 2. The summed E-state index contributed by atoms with van der Waals surface area (Å²) >= 11 is 11.3. The monoisotopic (exact) mass is 241 g/mol. The fraction of sp³-hybridized carbons (Fsp3) is 0.889. The van der Waals surface area contributed by atoms with Gasteiger partial charge in [-0.15, -0.1) is 23.2 Å². The predicted octanol–water partition coefficient (Wildman–Crippen LogP) is 2.75. The summed E-state index contributed by atoms with van der Waals surface area (Å²) in [7, 11) is 0. The molecule has 0 aliphatic carbocycles. The molecule has 0 saturated carbocycles. The summed E-state index contributed by atoms with van der Waals surface area (Å²) in [5.41, 5.74) is -1.13. The molecule has 0 atom stereocenters. The molecule has 0 rings (SSSR count). The van der Waals surface area contributed by atoms with Crippen LogP contribution >= 0.6 is 23.2 Å². The maximum absolute atomic E-state index is 11.3. The van der Waals surface area contributed by atoms with Crippen molar-refractivity contribution in [2.45, 2.75) is 38.8 Å². The van der Waals surface area contributed by atoms with E-state index in [0.717, 1.165) is 0 Å². The third-order valence-corrected chi connectivity index (χ3v) is 2.57. The van der Waals surface area contributed by atoms with Crippen molar-refractivity contribution in [2.75, 3.05) is 11.8 Å². The molecule has 84 valence electrons. The lowest BCUT2D eigenvalue weighted by atomic mass is 10.1. The lowest BCUT2D eigenvalue weighted by Crippen LogP contribution is -2.50. The molecule has 0 spiro atoms. The van der Waals surface area contributed by atoms with E-state index in [1.165, 1.54) is 0 Å². The molecule has 0 aliphatic heterocycles. The van der Waals surface area contributed by atoms with E-state index in [9.17, 15) is 4.79 Å². The summed E-state index contributed by atoms with van der Waals surface area (Å²) in [5, 5.41) is 2.62. The van der Waals surface area contributed by atoms with Crippen molar-refractivity contribution in [1.82, 2.24) is 5.32 Å². The second kappa shape index (κ2) is 5.08. The summed E-state index contributed by atoms with van der Waals surface area (Å²) in [6.07, 6.45) is -0.499. The Morgan fingerprint density at radius 3 is 1.93 bits per heavy atom. The zero-order chi connectivity index (χ0) is 11.4. The van der Waals surface area contributed by atoms with E-state index < -0.39 is 17.2 Å². The van der Waals surface area contributed by atoms with Gasteiger partial charge in [0.05, 0.1) is 5.54 Å². The van der Waals surface area contributed by atoms with Crippen molar-refractivity contribution < 1.29 is 9.53 Å². The minimum atomic E-state index is -0.620. The van der Waals surface area contributed by atoms with Crippen molar-refractivity contribution in [3.8, 4) is 0 Å². The second-order valence-electron chi connectivity index (χ2n) is 4.45. The SMILES string of the molecule is CC(CCl)(CCl)NC(=O)OC(C)(C)C. The third-order valence-electron chi connectivity index (χ3n) is 1.39. The molecule has 3 nitrogen and oxygen atoms in total. The van der Waals surface area contributed by atoms with Crippen LogP contribution in [0.3, 0.4) is 0 Å². The number of alkyl carbamates (subject to hydrolysis) is 1. The van der Waals surface area contributed by atoms with Crippen molar-refractivity contribution in [1.29, 1.82) is 0 Å². The van der Waals surface area contributed by atoms with Gasteiger partial charge in [-0.25, -0.2) is 4.79 Å². The van der Waals surface area contributed by atoms with Crippen LogP contribution in [0.25, 0.3) is 0 Å². The van der Waals surface area contributed by atoms with Crippen LogP contribution in [0.1, 0.15) is 27.7 Å². The largest absolute Gasteiger partial charge is 0.444 e. The highest BCUT2D eigenvalue weighted by atomic mass is 35.5. The average Bonchev–Trinajstić information content (AvgIpc) is 2.00. The van der Waals surface area contributed by atoms with E-state index in [2.05, 4.69) is 5.32 Å². The average molecular weight is 242 g/mol. The summed E-state index contributed by atoms with van der Waals surface area (Å²) in [6, 6.07) is 0. The van der Waals surface area contributed by atoms with Crippen LogP contribution < -0.4 is 5.32 Å². The number of carbonyl (C=O) groups is 1. The van der Waals surface area contributed by atoms with Gasteiger partial charge in [0.25, 0.3) is 0 Å². The molecule has 5 heteroatoms. The van der Waals surface area contributed by atoms with Crippen LogP contribution in [-0.2, 0) is 4.74 Å². The Balaban J connectivity index is 4.18. The van der Waals surface area contributed by atoms with Gasteiger partial charge in [-0.05, 0) is 27.7 Å². The predicted molar refractivity (Wildman–Crippen MR) is 59.2 cm³/mol. The van der Waals surface area contributed by atoms with Gasteiger partial charge in [-0.2, -0.15) is 0 Å². The molecule has 0 bridgehead atoms. The highest BCUT2D eigenvalue weighted by Crippen LogP contribution is 2.12. The minimum absolute atomic E-state index is 0.246. The molecule has 0 saturated heterocycles. The third kappa shape index (κ3) is 5.55. The van der Waals surface area contributed by atoms with E-state index >= 15 is 0 Å². The molecule has 1 N–H and O–H groups in total. The van der Waals surface area contributed by atoms with Crippen LogP contribution in [0.15, 0.2) is 0 Å². The first kappa shape index (κ1) is 13.8. The first-order chi connectivity index (χ1) is 6.22. The Bertz CT molecular complexity index is 197. The van der Waals surface area contributed by atoms with Gasteiger partial charge in [0.15, 0.2) is 0 Å². The molecular weight excluding hydrogens is 225 g/mol. The highest BCUT2D eigenvalue weighted by Gasteiger charge is 2.27. The molecular formula is C9H17Cl2NO2. The Hall–Kier alpha value is -0.150. The van der Waals surface area contributed by atoms with Gasteiger partial charge in [0, 0.05) is 11.8 Å². The molecule has 0 radical (unpaired) electrons. The van der Waals surface area contributed by atoms with Crippen molar-refractivity contribution >= 4 is 29.3 Å². The molecule has 0 aromatic rings. The zero-order valence-electron chi connectivity index (χ0n) is 8.99. The number of amides is 1. The number of carbonyl (C=O) groups excluding carboxylic acids is 1. The van der Waals surface area contributed by atoms with Crippen molar-refractivity contribution in [2.24, 2.45) is 0 Å². The number of hydrogen-bond donors (Lipinski definition) is 1. The number of rotatable bonds is 3. The van der Waals surface area contributed by atoms with Gasteiger partial charge in [0.2, 0.25) is 0 Å². The quantitative estimate of drug-likeness (QED) is 0.773. The first-order valence-electron chi connectivity index (χ1n) is 4.35. The van der Waals surface area contributed by atoms with Gasteiger partial charge >= 0.3 is 6.09 Å².